The first kappa shape index (κ1) is 5.42. The first-order chi connectivity index (χ1) is 3.89. The van der Waals surface area contributed by atoms with Crippen molar-refractivity contribution >= 4 is 0 Å². The molecule has 1 rings (SSSR count). The summed E-state index contributed by atoms with van der Waals surface area (Å²) < 4.78 is 0. The molecular formula is C7H10O. The molecule has 1 N–H and O–H groups in total. The Morgan fingerprint density at radius 1 is 1.50 bits per heavy atom. The van der Waals surface area contributed by atoms with Gasteiger partial charge >= 0.3 is 0 Å². The maximum atomic E-state index is 8.90. The second-order valence-corrected chi connectivity index (χ2v) is 1.98. The Bertz CT molecular complexity index is 122. The van der Waals surface area contributed by atoms with Gasteiger partial charge in [0.1, 0.15) is 0 Å². The molecule has 0 unspecified atom stereocenters. The van der Waals surface area contributed by atoms with E-state index in [1.165, 1.54) is 0 Å². The molecular weight excluding hydrogens is 100 g/mol. The summed E-state index contributed by atoms with van der Waals surface area (Å²) >= 11 is 0. The standard InChI is InChI=1S/C7H10O/c8-7-5-3-1-2-4-6-7/h1,3,5,8H,2,4,6H2. The summed E-state index contributed by atoms with van der Waals surface area (Å²) in [5.74, 6) is 0.513. The lowest BCUT2D eigenvalue weighted by molar-refractivity contribution is 0.386. The first-order valence-electron chi connectivity index (χ1n) is 2.94. The van der Waals surface area contributed by atoms with Crippen LogP contribution in [0, 0.1) is 0 Å². The van der Waals surface area contributed by atoms with E-state index in [4.69, 9.17) is 5.11 Å². The van der Waals surface area contributed by atoms with E-state index in [2.05, 4.69) is 6.08 Å². The lowest BCUT2D eigenvalue weighted by atomic mass is 10.2. The number of hydrogen-bond donors (Lipinski definition) is 1. The van der Waals surface area contributed by atoms with Crippen LogP contribution in [0.15, 0.2) is 24.0 Å². The van der Waals surface area contributed by atoms with Crippen molar-refractivity contribution in [2.45, 2.75) is 19.3 Å². The van der Waals surface area contributed by atoms with Gasteiger partial charge in [-0.2, -0.15) is 0 Å². The van der Waals surface area contributed by atoms with E-state index in [0.717, 1.165) is 19.3 Å². The second kappa shape index (κ2) is 2.55. The quantitative estimate of drug-likeness (QED) is 0.506. The molecule has 0 spiro atoms. The van der Waals surface area contributed by atoms with E-state index in [-0.39, 0.29) is 0 Å². The molecule has 0 fully saturated rings. The zero-order chi connectivity index (χ0) is 5.82. The Balaban J connectivity index is 2.52. The van der Waals surface area contributed by atoms with Gasteiger partial charge in [0.15, 0.2) is 0 Å². The van der Waals surface area contributed by atoms with Crippen LogP contribution in [0.1, 0.15) is 19.3 Å². The largest absolute Gasteiger partial charge is 0.512 e. The monoisotopic (exact) mass is 110 g/mol. The van der Waals surface area contributed by atoms with Crippen molar-refractivity contribution in [3.63, 3.8) is 0 Å². The molecule has 0 saturated heterocycles. The highest BCUT2D eigenvalue weighted by molar-refractivity contribution is 5.08. The van der Waals surface area contributed by atoms with Gasteiger partial charge in [0.05, 0.1) is 5.76 Å². The van der Waals surface area contributed by atoms with E-state index >= 15 is 0 Å². The van der Waals surface area contributed by atoms with Gasteiger partial charge in [0.25, 0.3) is 0 Å². The SMILES string of the molecule is OC1=CC=CCCC1. The van der Waals surface area contributed by atoms with Gasteiger partial charge in [0.2, 0.25) is 0 Å². The maximum Gasteiger partial charge on any atom is 0.0922 e. The molecule has 1 nitrogen and oxygen atoms in total. The topological polar surface area (TPSA) is 20.2 Å². The van der Waals surface area contributed by atoms with Crippen LogP contribution in [0.4, 0.5) is 0 Å². The van der Waals surface area contributed by atoms with Crippen molar-refractivity contribution < 1.29 is 5.11 Å². The zero-order valence-electron chi connectivity index (χ0n) is 4.80. The fourth-order valence-electron chi connectivity index (χ4n) is 0.760. The van der Waals surface area contributed by atoms with Crippen LogP contribution in [0.2, 0.25) is 0 Å². The van der Waals surface area contributed by atoms with Crippen LogP contribution in [0.3, 0.4) is 0 Å². The van der Waals surface area contributed by atoms with Crippen LogP contribution in [0.5, 0.6) is 0 Å². The zero-order valence-corrected chi connectivity index (χ0v) is 4.80. The smallest absolute Gasteiger partial charge is 0.0922 e. The molecule has 0 aromatic heterocycles. The molecule has 0 atom stereocenters. The van der Waals surface area contributed by atoms with Gasteiger partial charge in [-0.25, -0.2) is 0 Å². The molecule has 0 saturated carbocycles. The van der Waals surface area contributed by atoms with Crippen LogP contribution in [0.25, 0.3) is 0 Å². The fourth-order valence-corrected chi connectivity index (χ4v) is 0.760. The summed E-state index contributed by atoms with van der Waals surface area (Å²) in [7, 11) is 0. The normalized spacial score (nSPS) is 19.8. The van der Waals surface area contributed by atoms with Crippen LogP contribution in [-0.4, -0.2) is 5.11 Å². The summed E-state index contributed by atoms with van der Waals surface area (Å²) in [6.45, 7) is 0. The number of rotatable bonds is 0. The Hall–Kier alpha value is -0.720. The molecule has 0 bridgehead atoms. The van der Waals surface area contributed by atoms with Crippen molar-refractivity contribution in [1.82, 2.24) is 0 Å². The number of aliphatic hydroxyl groups excluding tert-OH is 1. The van der Waals surface area contributed by atoms with Crippen molar-refractivity contribution in [2.24, 2.45) is 0 Å². The van der Waals surface area contributed by atoms with Crippen molar-refractivity contribution in [2.75, 3.05) is 0 Å². The lowest BCUT2D eigenvalue weighted by Crippen LogP contribution is -1.76. The molecule has 1 aliphatic carbocycles. The minimum Gasteiger partial charge on any atom is -0.512 e. The average molecular weight is 110 g/mol. The predicted octanol–water partition coefficient (Wildman–Crippen LogP) is 2.17. The Labute approximate surface area is 49.3 Å². The Morgan fingerprint density at radius 3 is 3.25 bits per heavy atom. The summed E-state index contributed by atoms with van der Waals surface area (Å²) in [5.41, 5.74) is 0. The summed E-state index contributed by atoms with van der Waals surface area (Å²) in [6, 6.07) is 0. The molecule has 1 aliphatic rings. The number of hydrogen-bond acceptors (Lipinski definition) is 1. The Morgan fingerprint density at radius 2 is 2.38 bits per heavy atom. The predicted molar refractivity (Wildman–Crippen MR) is 33.7 cm³/mol. The van der Waals surface area contributed by atoms with Gasteiger partial charge in [-0.3, -0.25) is 0 Å². The van der Waals surface area contributed by atoms with Crippen LogP contribution in [-0.2, 0) is 0 Å². The molecule has 0 heterocycles. The van der Waals surface area contributed by atoms with Gasteiger partial charge in [0, 0.05) is 6.42 Å². The minimum absolute atomic E-state index is 0.513. The highest BCUT2D eigenvalue weighted by Gasteiger charge is 1.92. The molecule has 0 aromatic rings. The van der Waals surface area contributed by atoms with Crippen molar-refractivity contribution in [3.8, 4) is 0 Å². The number of allylic oxidation sites excluding steroid dienone is 4. The van der Waals surface area contributed by atoms with Crippen LogP contribution < -0.4 is 0 Å². The molecule has 0 radical (unpaired) electrons. The molecule has 44 valence electrons. The highest BCUT2D eigenvalue weighted by atomic mass is 16.3. The first-order valence-corrected chi connectivity index (χ1v) is 2.94. The van der Waals surface area contributed by atoms with Gasteiger partial charge in [-0.1, -0.05) is 12.2 Å². The van der Waals surface area contributed by atoms with Gasteiger partial charge in [-0.15, -0.1) is 0 Å². The fraction of sp³-hybridized carbons (Fsp3) is 0.429. The number of aliphatic hydroxyl groups is 1. The highest BCUT2D eigenvalue weighted by Crippen LogP contribution is 2.08. The average Bonchev–Trinajstić information content (AvgIpc) is 1.94. The summed E-state index contributed by atoms with van der Waals surface area (Å²) in [4.78, 5) is 0. The third-order valence-corrected chi connectivity index (χ3v) is 1.23. The second-order valence-electron chi connectivity index (χ2n) is 1.98. The molecule has 8 heavy (non-hydrogen) atoms. The molecule has 0 aromatic carbocycles. The summed E-state index contributed by atoms with van der Waals surface area (Å²) in [5, 5.41) is 8.90. The van der Waals surface area contributed by atoms with E-state index in [1.54, 1.807) is 6.08 Å². The van der Waals surface area contributed by atoms with Crippen molar-refractivity contribution in [1.29, 1.82) is 0 Å². The lowest BCUT2D eigenvalue weighted by Gasteiger charge is -1.90. The molecule has 0 aliphatic heterocycles. The summed E-state index contributed by atoms with van der Waals surface area (Å²) in [6.07, 6.45) is 8.75. The van der Waals surface area contributed by atoms with Gasteiger partial charge < -0.3 is 5.11 Å². The van der Waals surface area contributed by atoms with E-state index < -0.39 is 0 Å². The van der Waals surface area contributed by atoms with E-state index in [9.17, 15) is 0 Å². The third kappa shape index (κ3) is 1.41. The van der Waals surface area contributed by atoms with Gasteiger partial charge in [-0.05, 0) is 18.9 Å². The van der Waals surface area contributed by atoms with E-state index in [0.29, 0.717) is 5.76 Å². The third-order valence-electron chi connectivity index (χ3n) is 1.23. The van der Waals surface area contributed by atoms with Crippen molar-refractivity contribution in [3.05, 3.63) is 24.0 Å². The maximum absolute atomic E-state index is 8.90. The molecule has 1 heteroatoms. The van der Waals surface area contributed by atoms with Crippen LogP contribution >= 0.6 is 0 Å². The van der Waals surface area contributed by atoms with E-state index in [1.807, 2.05) is 6.08 Å². The minimum atomic E-state index is 0.513. The molecule has 0 amide bonds. The Kier molecular flexibility index (Phi) is 1.73.